The van der Waals surface area contributed by atoms with Gasteiger partial charge in [0, 0.05) is 25.5 Å². The highest BCUT2D eigenvalue weighted by molar-refractivity contribution is 7.08. The molecule has 1 aliphatic heterocycles. The van der Waals surface area contributed by atoms with Crippen LogP contribution in [0.4, 0.5) is 8.78 Å². The van der Waals surface area contributed by atoms with Gasteiger partial charge in [-0.3, -0.25) is 9.59 Å². The standard InChI is InChI=1S/C16H19F2N5O3S/c1-26-4-3-19-14(24)13-8-22(21-20-13)7-12-6-16(17,18)10-23(12)15(25)11-2-5-27-9-11/h2,5,8-9,12H,3-4,6-7,10H2,1H3,(H,19,24). The van der Waals surface area contributed by atoms with Crippen LogP contribution in [0.25, 0.3) is 0 Å². The Morgan fingerprint density at radius 3 is 3.00 bits per heavy atom. The number of nitrogens with one attached hydrogen (secondary N) is 1. The molecule has 1 atom stereocenters. The van der Waals surface area contributed by atoms with Crippen LogP contribution >= 0.6 is 11.3 Å². The van der Waals surface area contributed by atoms with Gasteiger partial charge in [-0.05, 0) is 11.4 Å². The summed E-state index contributed by atoms with van der Waals surface area (Å²) in [5.74, 6) is -3.82. The van der Waals surface area contributed by atoms with Gasteiger partial charge in [0.05, 0.1) is 37.5 Å². The minimum absolute atomic E-state index is 0.0316. The van der Waals surface area contributed by atoms with Crippen LogP contribution < -0.4 is 5.32 Å². The van der Waals surface area contributed by atoms with E-state index in [1.165, 1.54) is 34.2 Å². The predicted octanol–water partition coefficient (Wildman–Crippen LogP) is 1.27. The molecule has 2 aromatic rings. The molecule has 11 heteroatoms. The molecule has 1 aliphatic rings. The van der Waals surface area contributed by atoms with Gasteiger partial charge in [-0.2, -0.15) is 11.3 Å². The number of aromatic nitrogens is 3. The van der Waals surface area contributed by atoms with Crippen LogP contribution in [-0.4, -0.2) is 70.5 Å². The van der Waals surface area contributed by atoms with Gasteiger partial charge < -0.3 is 15.0 Å². The maximum absolute atomic E-state index is 13.9. The topological polar surface area (TPSA) is 89.4 Å². The van der Waals surface area contributed by atoms with Gasteiger partial charge in [-0.15, -0.1) is 5.10 Å². The zero-order chi connectivity index (χ0) is 19.4. The number of rotatable bonds is 7. The van der Waals surface area contributed by atoms with E-state index in [0.29, 0.717) is 18.7 Å². The summed E-state index contributed by atoms with van der Waals surface area (Å²) in [5, 5.41) is 13.6. The van der Waals surface area contributed by atoms with E-state index >= 15 is 0 Å². The highest BCUT2D eigenvalue weighted by Gasteiger charge is 2.47. The third-order valence-electron chi connectivity index (χ3n) is 4.17. The lowest BCUT2D eigenvalue weighted by atomic mass is 10.2. The Bertz CT molecular complexity index is 796. The minimum Gasteiger partial charge on any atom is -0.383 e. The molecule has 8 nitrogen and oxygen atoms in total. The van der Waals surface area contributed by atoms with Crippen molar-refractivity contribution in [3.8, 4) is 0 Å². The van der Waals surface area contributed by atoms with Crippen molar-refractivity contribution in [3.05, 3.63) is 34.3 Å². The maximum atomic E-state index is 13.9. The van der Waals surface area contributed by atoms with Crippen LogP contribution in [0.15, 0.2) is 23.0 Å². The van der Waals surface area contributed by atoms with E-state index in [1.54, 1.807) is 16.8 Å². The van der Waals surface area contributed by atoms with Gasteiger partial charge in [0.15, 0.2) is 5.69 Å². The molecule has 1 N–H and O–H groups in total. The Kier molecular flexibility index (Phi) is 5.80. The number of hydrogen-bond donors (Lipinski definition) is 1. The Morgan fingerprint density at radius 2 is 2.30 bits per heavy atom. The fourth-order valence-electron chi connectivity index (χ4n) is 2.92. The van der Waals surface area contributed by atoms with E-state index in [1.807, 2.05) is 0 Å². The monoisotopic (exact) mass is 399 g/mol. The van der Waals surface area contributed by atoms with E-state index in [2.05, 4.69) is 15.6 Å². The number of methoxy groups -OCH3 is 1. The average Bonchev–Trinajstić information content (AvgIpc) is 3.35. The SMILES string of the molecule is COCCNC(=O)c1cn(CC2CC(F)(F)CN2C(=O)c2ccsc2)nn1. The van der Waals surface area contributed by atoms with Crippen LogP contribution in [0.2, 0.25) is 0 Å². The third kappa shape index (κ3) is 4.66. The number of carbonyl (C=O) groups excluding carboxylic acids is 2. The molecule has 2 amide bonds. The molecule has 3 heterocycles. The first-order chi connectivity index (χ1) is 12.9. The van der Waals surface area contributed by atoms with Crippen molar-refractivity contribution in [2.24, 2.45) is 0 Å². The van der Waals surface area contributed by atoms with Gasteiger partial charge in [0.1, 0.15) is 0 Å². The van der Waals surface area contributed by atoms with E-state index < -0.39 is 36.7 Å². The second-order valence-corrected chi connectivity index (χ2v) is 7.01. The Morgan fingerprint density at radius 1 is 1.48 bits per heavy atom. The zero-order valence-corrected chi connectivity index (χ0v) is 15.4. The third-order valence-corrected chi connectivity index (χ3v) is 4.85. The molecular formula is C16H19F2N5O3S. The molecule has 1 unspecified atom stereocenters. The lowest BCUT2D eigenvalue weighted by Crippen LogP contribution is -2.38. The van der Waals surface area contributed by atoms with E-state index in [0.717, 1.165) is 0 Å². The van der Waals surface area contributed by atoms with Crippen molar-refractivity contribution in [1.82, 2.24) is 25.2 Å². The summed E-state index contributed by atoms with van der Waals surface area (Å²) in [7, 11) is 1.52. The fraction of sp³-hybridized carbons (Fsp3) is 0.500. The smallest absolute Gasteiger partial charge is 0.273 e. The predicted molar refractivity (Wildman–Crippen MR) is 92.9 cm³/mol. The molecular weight excluding hydrogens is 380 g/mol. The van der Waals surface area contributed by atoms with Gasteiger partial charge in [0.25, 0.3) is 17.7 Å². The summed E-state index contributed by atoms with van der Waals surface area (Å²) in [6.07, 6.45) is 0.921. The summed E-state index contributed by atoms with van der Waals surface area (Å²) < 4.78 is 34.0. The Hall–Kier alpha value is -2.40. The molecule has 27 heavy (non-hydrogen) atoms. The second-order valence-electron chi connectivity index (χ2n) is 6.23. The first kappa shape index (κ1) is 19.4. The number of amides is 2. The summed E-state index contributed by atoms with van der Waals surface area (Å²) >= 11 is 1.33. The van der Waals surface area contributed by atoms with Crippen LogP contribution in [0, 0.1) is 0 Å². The maximum Gasteiger partial charge on any atom is 0.273 e. The molecule has 2 aromatic heterocycles. The average molecular weight is 399 g/mol. The second kappa shape index (κ2) is 8.09. The van der Waals surface area contributed by atoms with Crippen molar-refractivity contribution >= 4 is 23.2 Å². The Labute approximate surface area is 158 Å². The minimum atomic E-state index is -2.96. The van der Waals surface area contributed by atoms with Crippen LogP contribution in [0.5, 0.6) is 0 Å². The molecule has 1 fully saturated rings. The van der Waals surface area contributed by atoms with Crippen molar-refractivity contribution in [2.75, 3.05) is 26.8 Å². The largest absolute Gasteiger partial charge is 0.383 e. The zero-order valence-electron chi connectivity index (χ0n) is 14.6. The first-order valence-corrected chi connectivity index (χ1v) is 9.22. The molecule has 0 radical (unpaired) electrons. The Balaban J connectivity index is 1.68. The van der Waals surface area contributed by atoms with Gasteiger partial charge in [0.2, 0.25) is 0 Å². The summed E-state index contributed by atoms with van der Waals surface area (Å²) in [6.45, 7) is 0.0753. The van der Waals surface area contributed by atoms with Gasteiger partial charge in [-0.1, -0.05) is 5.21 Å². The van der Waals surface area contributed by atoms with Crippen molar-refractivity contribution < 1.29 is 23.1 Å². The number of alkyl halides is 2. The van der Waals surface area contributed by atoms with Crippen molar-refractivity contribution in [1.29, 1.82) is 0 Å². The molecule has 0 aromatic carbocycles. The van der Waals surface area contributed by atoms with Crippen LogP contribution in [0.3, 0.4) is 0 Å². The number of hydrogen-bond acceptors (Lipinski definition) is 6. The molecule has 146 valence electrons. The molecule has 0 saturated carbocycles. The number of likely N-dealkylation sites (tertiary alicyclic amines) is 1. The van der Waals surface area contributed by atoms with Crippen LogP contribution in [0.1, 0.15) is 27.3 Å². The molecule has 3 rings (SSSR count). The van der Waals surface area contributed by atoms with Crippen LogP contribution in [-0.2, 0) is 11.3 Å². The normalized spacial score (nSPS) is 18.6. The number of carbonyl (C=O) groups is 2. The quantitative estimate of drug-likeness (QED) is 0.709. The van der Waals surface area contributed by atoms with Crippen molar-refractivity contribution in [2.45, 2.75) is 24.9 Å². The van der Waals surface area contributed by atoms with E-state index in [-0.39, 0.29) is 12.2 Å². The number of ether oxygens (including phenoxy) is 1. The number of nitrogens with zero attached hydrogens (tertiary/aromatic N) is 4. The summed E-state index contributed by atoms with van der Waals surface area (Å²) in [6, 6.07) is 0.872. The lowest BCUT2D eigenvalue weighted by Gasteiger charge is -2.23. The van der Waals surface area contributed by atoms with E-state index in [9.17, 15) is 18.4 Å². The van der Waals surface area contributed by atoms with Gasteiger partial charge in [-0.25, -0.2) is 13.5 Å². The van der Waals surface area contributed by atoms with Crippen molar-refractivity contribution in [3.63, 3.8) is 0 Å². The molecule has 0 spiro atoms. The van der Waals surface area contributed by atoms with E-state index in [4.69, 9.17) is 4.74 Å². The highest BCUT2D eigenvalue weighted by Crippen LogP contribution is 2.34. The molecule has 1 saturated heterocycles. The molecule has 0 aliphatic carbocycles. The number of halogens is 2. The first-order valence-electron chi connectivity index (χ1n) is 8.28. The highest BCUT2D eigenvalue weighted by atomic mass is 32.1. The van der Waals surface area contributed by atoms with Gasteiger partial charge >= 0.3 is 0 Å². The molecule has 0 bridgehead atoms. The summed E-state index contributed by atoms with van der Waals surface area (Å²) in [4.78, 5) is 25.6. The number of thiophene rings is 1. The fourth-order valence-corrected chi connectivity index (χ4v) is 3.55. The summed E-state index contributed by atoms with van der Waals surface area (Å²) in [5.41, 5.74) is 0.464. The lowest BCUT2D eigenvalue weighted by molar-refractivity contribution is 0.0117.